The highest BCUT2D eigenvalue weighted by Crippen LogP contribution is 2.23. The fourth-order valence-electron chi connectivity index (χ4n) is 4.13. The van der Waals surface area contributed by atoms with Crippen molar-refractivity contribution in [2.24, 2.45) is 5.92 Å². The number of carbonyl (C=O) groups is 2. The molecule has 164 valence electrons. The van der Waals surface area contributed by atoms with Crippen LogP contribution in [0, 0.1) is 5.92 Å². The molecule has 1 amide bonds. The van der Waals surface area contributed by atoms with Crippen LogP contribution in [0.3, 0.4) is 0 Å². The second-order valence-corrected chi connectivity index (χ2v) is 9.64. The number of fused-ring (bicyclic) bond motifs is 1. The van der Waals surface area contributed by atoms with E-state index in [0.29, 0.717) is 19.0 Å². The zero-order valence-corrected chi connectivity index (χ0v) is 18.9. The first-order valence-corrected chi connectivity index (χ1v) is 11.0. The van der Waals surface area contributed by atoms with Gasteiger partial charge in [-0.25, -0.2) is 4.79 Å². The third-order valence-electron chi connectivity index (χ3n) is 5.57. The first-order valence-electron chi connectivity index (χ1n) is 11.0. The molecule has 1 aliphatic rings. The van der Waals surface area contributed by atoms with Gasteiger partial charge in [-0.05, 0) is 66.0 Å². The monoisotopic (exact) mass is 413 g/mol. The molecule has 1 fully saturated rings. The Morgan fingerprint density at radius 2 is 2.00 bits per heavy atom. The normalized spacial score (nSPS) is 18.0. The number of aromatic nitrogens is 1. The number of para-hydroxylation sites is 1. The highest BCUT2D eigenvalue weighted by atomic mass is 16.6. The second kappa shape index (κ2) is 9.21. The van der Waals surface area contributed by atoms with Crippen LogP contribution in [-0.4, -0.2) is 64.5 Å². The van der Waals surface area contributed by atoms with Crippen molar-refractivity contribution in [3.63, 3.8) is 0 Å². The topological polar surface area (TPSA) is 65.6 Å². The molecule has 1 aromatic heterocycles. The van der Waals surface area contributed by atoms with Gasteiger partial charge in [0.1, 0.15) is 5.60 Å². The highest BCUT2D eigenvalue weighted by molar-refractivity contribution is 6.08. The predicted molar refractivity (Wildman–Crippen MR) is 120 cm³/mol. The van der Waals surface area contributed by atoms with Crippen molar-refractivity contribution in [2.45, 2.75) is 59.1 Å². The maximum absolute atomic E-state index is 12.9. The van der Waals surface area contributed by atoms with Gasteiger partial charge < -0.3 is 14.6 Å². The lowest BCUT2D eigenvalue weighted by Crippen LogP contribution is -2.47. The molecule has 1 saturated heterocycles. The van der Waals surface area contributed by atoms with Gasteiger partial charge in [0.05, 0.1) is 6.54 Å². The minimum absolute atomic E-state index is 0.0723. The van der Waals surface area contributed by atoms with E-state index in [1.807, 2.05) is 70.0 Å². The Kier molecular flexibility index (Phi) is 6.86. The zero-order valence-electron chi connectivity index (χ0n) is 18.9. The molecule has 0 bridgehead atoms. The number of hydrogen-bond acceptors (Lipinski definition) is 4. The van der Waals surface area contributed by atoms with Crippen molar-refractivity contribution >= 4 is 22.8 Å². The summed E-state index contributed by atoms with van der Waals surface area (Å²) in [5.74, 6) is 0.477. The minimum atomic E-state index is -0.505. The summed E-state index contributed by atoms with van der Waals surface area (Å²) in [6, 6.07) is 7.97. The summed E-state index contributed by atoms with van der Waals surface area (Å²) < 4.78 is 5.60. The van der Waals surface area contributed by atoms with Crippen molar-refractivity contribution in [1.29, 1.82) is 0 Å². The number of ketones is 1. The van der Waals surface area contributed by atoms with Crippen molar-refractivity contribution < 1.29 is 14.3 Å². The average molecular weight is 414 g/mol. The van der Waals surface area contributed by atoms with Crippen LogP contribution < -0.4 is 0 Å². The summed E-state index contributed by atoms with van der Waals surface area (Å²) in [6.07, 6.45) is 3.65. The van der Waals surface area contributed by atoms with Gasteiger partial charge in [-0.1, -0.05) is 18.2 Å². The van der Waals surface area contributed by atoms with Gasteiger partial charge in [-0.15, -0.1) is 0 Å². The van der Waals surface area contributed by atoms with Crippen LogP contribution in [0.5, 0.6) is 0 Å². The molecule has 0 saturated carbocycles. The fourth-order valence-corrected chi connectivity index (χ4v) is 4.13. The fraction of sp³-hybridized carbons (Fsp3) is 0.583. The van der Waals surface area contributed by atoms with Gasteiger partial charge in [0.2, 0.25) is 0 Å². The number of carbonyl (C=O) groups excluding carboxylic acids is 2. The van der Waals surface area contributed by atoms with Crippen molar-refractivity contribution in [3.05, 3.63) is 36.0 Å². The van der Waals surface area contributed by atoms with E-state index in [-0.39, 0.29) is 17.9 Å². The largest absolute Gasteiger partial charge is 0.444 e. The van der Waals surface area contributed by atoms with Crippen LogP contribution >= 0.6 is 0 Å². The number of amides is 1. The Labute approximate surface area is 179 Å². The SMILES string of the molecule is CC(C)N(CC1CCCN(CC(=O)c2c[nH]c3ccccc23)C1)C(=O)OC(C)(C)C. The number of ether oxygens (including phenoxy) is 1. The third-order valence-corrected chi connectivity index (χ3v) is 5.57. The smallest absolute Gasteiger partial charge is 0.410 e. The van der Waals surface area contributed by atoms with Crippen molar-refractivity contribution in [3.8, 4) is 0 Å². The van der Waals surface area contributed by atoms with E-state index in [1.54, 1.807) is 0 Å². The number of likely N-dealkylation sites (tertiary alicyclic amines) is 1. The molecule has 6 nitrogen and oxygen atoms in total. The van der Waals surface area contributed by atoms with Gasteiger partial charge in [0.25, 0.3) is 0 Å². The Hall–Kier alpha value is -2.34. The van der Waals surface area contributed by atoms with E-state index >= 15 is 0 Å². The third kappa shape index (κ3) is 5.63. The molecule has 1 N–H and O–H groups in total. The highest BCUT2D eigenvalue weighted by Gasteiger charge is 2.29. The van der Waals surface area contributed by atoms with Gasteiger partial charge in [0, 0.05) is 41.8 Å². The van der Waals surface area contributed by atoms with E-state index in [9.17, 15) is 9.59 Å². The Morgan fingerprint density at radius 1 is 1.27 bits per heavy atom. The van der Waals surface area contributed by atoms with E-state index < -0.39 is 5.60 Å². The number of hydrogen-bond donors (Lipinski definition) is 1. The Bertz CT molecular complexity index is 881. The lowest BCUT2D eigenvalue weighted by atomic mass is 9.96. The molecular weight excluding hydrogens is 378 g/mol. The number of H-pyrrole nitrogens is 1. The van der Waals surface area contributed by atoms with Crippen LogP contribution in [0.15, 0.2) is 30.5 Å². The molecule has 1 aliphatic heterocycles. The number of benzene rings is 1. The lowest BCUT2D eigenvalue weighted by Gasteiger charge is -2.37. The van der Waals surface area contributed by atoms with Crippen molar-refractivity contribution in [2.75, 3.05) is 26.2 Å². The number of nitrogens with zero attached hydrogens (tertiary/aromatic N) is 2. The first-order chi connectivity index (χ1) is 14.1. The molecule has 1 unspecified atom stereocenters. The van der Waals surface area contributed by atoms with Gasteiger partial charge in [0.15, 0.2) is 5.78 Å². The molecule has 6 heteroatoms. The minimum Gasteiger partial charge on any atom is -0.444 e. The second-order valence-electron chi connectivity index (χ2n) is 9.64. The maximum Gasteiger partial charge on any atom is 0.410 e. The molecule has 3 rings (SSSR count). The number of aromatic amines is 1. The zero-order chi connectivity index (χ0) is 21.9. The molecule has 2 aromatic rings. The number of rotatable bonds is 6. The molecule has 1 aromatic carbocycles. The maximum atomic E-state index is 12.9. The summed E-state index contributed by atoms with van der Waals surface area (Å²) in [6.45, 7) is 12.5. The van der Waals surface area contributed by atoms with Crippen LogP contribution in [0.1, 0.15) is 57.8 Å². The van der Waals surface area contributed by atoms with E-state index in [1.165, 1.54) is 0 Å². The molecule has 0 aliphatic carbocycles. The van der Waals surface area contributed by atoms with E-state index in [4.69, 9.17) is 4.74 Å². The molecule has 0 radical (unpaired) electrons. The van der Waals surface area contributed by atoms with Crippen LogP contribution in [0.2, 0.25) is 0 Å². The van der Waals surface area contributed by atoms with E-state index in [0.717, 1.165) is 42.4 Å². The lowest BCUT2D eigenvalue weighted by molar-refractivity contribution is 0.0120. The Balaban J connectivity index is 1.61. The van der Waals surface area contributed by atoms with Crippen LogP contribution in [-0.2, 0) is 4.74 Å². The number of piperidine rings is 1. The van der Waals surface area contributed by atoms with Crippen LogP contribution in [0.25, 0.3) is 10.9 Å². The summed E-state index contributed by atoms with van der Waals surface area (Å²) >= 11 is 0. The summed E-state index contributed by atoms with van der Waals surface area (Å²) in [5, 5.41) is 0.979. The summed E-state index contributed by atoms with van der Waals surface area (Å²) in [5.41, 5.74) is 1.24. The van der Waals surface area contributed by atoms with Gasteiger partial charge in [-0.3, -0.25) is 9.69 Å². The standard InChI is InChI=1S/C24H35N3O3/c1-17(2)27(23(29)30-24(3,4)5)15-18-9-8-12-26(14-18)16-22(28)20-13-25-21-11-7-6-10-19(20)21/h6-7,10-11,13,17-18,25H,8-9,12,14-16H2,1-5H3. The van der Waals surface area contributed by atoms with Crippen molar-refractivity contribution in [1.82, 2.24) is 14.8 Å². The van der Waals surface area contributed by atoms with Gasteiger partial charge in [-0.2, -0.15) is 0 Å². The molecule has 2 heterocycles. The molecule has 30 heavy (non-hydrogen) atoms. The Morgan fingerprint density at radius 3 is 2.70 bits per heavy atom. The summed E-state index contributed by atoms with van der Waals surface area (Å²) in [4.78, 5) is 32.8. The van der Waals surface area contributed by atoms with E-state index in [2.05, 4.69) is 9.88 Å². The molecule has 0 spiro atoms. The molecule has 1 atom stereocenters. The quantitative estimate of drug-likeness (QED) is 0.697. The first kappa shape index (κ1) is 22.3. The molecular formula is C24H35N3O3. The number of Topliss-reactive ketones (excluding diaryl/α,β-unsaturated/α-hetero) is 1. The number of nitrogens with one attached hydrogen (secondary N) is 1. The van der Waals surface area contributed by atoms with Gasteiger partial charge >= 0.3 is 6.09 Å². The average Bonchev–Trinajstić information content (AvgIpc) is 3.09. The van der Waals surface area contributed by atoms with Crippen LogP contribution in [0.4, 0.5) is 4.79 Å². The predicted octanol–water partition coefficient (Wildman–Crippen LogP) is 4.71. The summed E-state index contributed by atoms with van der Waals surface area (Å²) in [7, 11) is 0.